The van der Waals surface area contributed by atoms with E-state index < -0.39 is 0 Å². The van der Waals surface area contributed by atoms with E-state index in [1.807, 2.05) is 0 Å². The molecule has 1 atom stereocenters. The van der Waals surface area contributed by atoms with Crippen molar-refractivity contribution in [2.45, 2.75) is 39.2 Å². The molecular weight excluding hydrogens is 292 g/mol. The molecular formula is C14H25ClN4O2. The Morgan fingerprint density at radius 2 is 2.29 bits per heavy atom. The highest BCUT2D eigenvalue weighted by Gasteiger charge is 2.21. The Balaban J connectivity index is 0.00000220. The molecule has 1 amide bonds. The summed E-state index contributed by atoms with van der Waals surface area (Å²) in [5, 5.41) is 22.3. The monoisotopic (exact) mass is 316 g/mol. The van der Waals surface area contributed by atoms with Gasteiger partial charge in [-0.3, -0.25) is 9.89 Å². The van der Waals surface area contributed by atoms with E-state index in [1.165, 1.54) is 0 Å². The van der Waals surface area contributed by atoms with Crippen LogP contribution in [-0.2, 0) is 13.0 Å². The molecule has 0 aromatic carbocycles. The lowest BCUT2D eigenvalue weighted by Gasteiger charge is -2.16. The molecule has 1 unspecified atom stereocenters. The van der Waals surface area contributed by atoms with Crippen LogP contribution in [0.5, 0.6) is 0 Å². The van der Waals surface area contributed by atoms with Crippen molar-refractivity contribution in [2.24, 2.45) is 5.92 Å². The van der Waals surface area contributed by atoms with Crippen LogP contribution in [-0.4, -0.2) is 40.9 Å². The summed E-state index contributed by atoms with van der Waals surface area (Å²) in [6.07, 6.45) is 3.69. The lowest BCUT2D eigenvalue weighted by atomic mass is 10.00. The summed E-state index contributed by atoms with van der Waals surface area (Å²) in [5.74, 6) is 0.215. The molecule has 0 fully saturated rings. The molecule has 7 heteroatoms. The van der Waals surface area contributed by atoms with E-state index in [-0.39, 0.29) is 24.9 Å². The summed E-state index contributed by atoms with van der Waals surface area (Å²) in [7, 11) is 0. The first-order valence-electron chi connectivity index (χ1n) is 7.42. The smallest absolute Gasteiger partial charge is 0.272 e. The zero-order valence-corrected chi connectivity index (χ0v) is 13.3. The van der Waals surface area contributed by atoms with Gasteiger partial charge in [0.2, 0.25) is 0 Å². The Bertz CT molecular complexity index is 444. The molecule has 1 aromatic rings. The van der Waals surface area contributed by atoms with Crippen LogP contribution in [0, 0.1) is 5.92 Å². The topological polar surface area (TPSA) is 90.0 Å². The number of nitrogens with one attached hydrogen (secondary N) is 3. The normalized spacial score (nSPS) is 15.0. The molecule has 4 N–H and O–H groups in total. The van der Waals surface area contributed by atoms with Gasteiger partial charge in [-0.2, -0.15) is 5.10 Å². The van der Waals surface area contributed by atoms with Crippen LogP contribution < -0.4 is 10.6 Å². The number of carbonyl (C=O) groups excluding carboxylic acids is 1. The van der Waals surface area contributed by atoms with E-state index in [0.29, 0.717) is 24.7 Å². The van der Waals surface area contributed by atoms with E-state index in [9.17, 15) is 4.79 Å². The average Bonchev–Trinajstić information content (AvgIpc) is 2.89. The largest absolute Gasteiger partial charge is 0.396 e. The van der Waals surface area contributed by atoms with Crippen molar-refractivity contribution >= 4 is 18.3 Å². The number of aliphatic hydroxyl groups excluding tert-OH is 1. The summed E-state index contributed by atoms with van der Waals surface area (Å²) < 4.78 is 0. The molecule has 1 aliphatic rings. The van der Waals surface area contributed by atoms with Crippen LogP contribution in [0.25, 0.3) is 0 Å². The summed E-state index contributed by atoms with van der Waals surface area (Å²) >= 11 is 0. The second-order valence-corrected chi connectivity index (χ2v) is 5.33. The van der Waals surface area contributed by atoms with Crippen molar-refractivity contribution in [3.63, 3.8) is 0 Å². The standard InChI is InChI=1S/C14H24N4O2.ClH/c1-2-3-10(5-7-19)8-16-14(20)13-11-9-15-6-4-12(11)17-18-13;/h10,15,19H,2-9H2,1H3,(H,16,20)(H,17,18);1H. The zero-order chi connectivity index (χ0) is 14.4. The minimum absolute atomic E-state index is 0. The van der Waals surface area contributed by atoms with Crippen LogP contribution in [0.2, 0.25) is 0 Å². The van der Waals surface area contributed by atoms with Gasteiger partial charge in [-0.25, -0.2) is 0 Å². The van der Waals surface area contributed by atoms with Crippen LogP contribution in [0.4, 0.5) is 0 Å². The Kier molecular flexibility index (Phi) is 7.71. The van der Waals surface area contributed by atoms with Crippen molar-refractivity contribution < 1.29 is 9.90 Å². The maximum Gasteiger partial charge on any atom is 0.272 e. The Hall–Kier alpha value is -1.11. The van der Waals surface area contributed by atoms with Crippen molar-refractivity contribution in [3.05, 3.63) is 17.0 Å². The first-order chi connectivity index (χ1) is 9.76. The van der Waals surface area contributed by atoms with Gasteiger partial charge in [0.1, 0.15) is 0 Å². The predicted molar refractivity (Wildman–Crippen MR) is 83.7 cm³/mol. The van der Waals surface area contributed by atoms with Gasteiger partial charge in [0.25, 0.3) is 5.91 Å². The van der Waals surface area contributed by atoms with E-state index in [2.05, 4.69) is 27.8 Å². The number of rotatable bonds is 7. The highest BCUT2D eigenvalue weighted by Crippen LogP contribution is 2.15. The Morgan fingerprint density at radius 3 is 3.00 bits per heavy atom. The van der Waals surface area contributed by atoms with E-state index in [4.69, 9.17) is 5.11 Å². The third kappa shape index (κ3) is 4.69. The maximum absolute atomic E-state index is 12.2. The predicted octanol–water partition coefficient (Wildman–Crippen LogP) is 1.01. The third-order valence-electron chi connectivity index (χ3n) is 3.81. The van der Waals surface area contributed by atoms with Gasteiger partial charge >= 0.3 is 0 Å². The number of aromatic nitrogens is 2. The fraction of sp³-hybridized carbons (Fsp3) is 0.714. The van der Waals surface area contributed by atoms with Crippen molar-refractivity contribution in [2.75, 3.05) is 19.7 Å². The fourth-order valence-electron chi connectivity index (χ4n) is 2.67. The molecule has 1 aliphatic heterocycles. The lowest BCUT2D eigenvalue weighted by Crippen LogP contribution is -2.32. The van der Waals surface area contributed by atoms with Gasteiger partial charge in [0.05, 0.1) is 0 Å². The number of amides is 1. The molecule has 0 spiro atoms. The molecule has 0 radical (unpaired) electrons. The van der Waals surface area contributed by atoms with E-state index in [1.54, 1.807) is 0 Å². The second-order valence-electron chi connectivity index (χ2n) is 5.33. The Labute approximate surface area is 131 Å². The number of hydrogen-bond donors (Lipinski definition) is 4. The SMILES string of the molecule is CCCC(CCO)CNC(=O)c1n[nH]c2c1CNCC2.Cl. The van der Waals surface area contributed by atoms with Crippen molar-refractivity contribution in [3.8, 4) is 0 Å². The fourth-order valence-corrected chi connectivity index (χ4v) is 2.67. The van der Waals surface area contributed by atoms with Crippen LogP contribution in [0.3, 0.4) is 0 Å². The number of fused-ring (bicyclic) bond motifs is 1. The summed E-state index contributed by atoms with van der Waals surface area (Å²) in [5.41, 5.74) is 2.56. The van der Waals surface area contributed by atoms with Gasteiger partial charge in [0.15, 0.2) is 5.69 Å². The molecule has 0 aliphatic carbocycles. The molecule has 0 saturated heterocycles. The minimum Gasteiger partial charge on any atom is -0.396 e. The summed E-state index contributed by atoms with van der Waals surface area (Å²) in [6.45, 7) is 4.50. The van der Waals surface area contributed by atoms with Gasteiger partial charge in [-0.15, -0.1) is 12.4 Å². The highest BCUT2D eigenvalue weighted by molar-refractivity contribution is 5.94. The number of aliphatic hydroxyl groups is 1. The first-order valence-corrected chi connectivity index (χ1v) is 7.42. The number of aromatic amines is 1. The molecule has 21 heavy (non-hydrogen) atoms. The summed E-state index contributed by atoms with van der Waals surface area (Å²) in [4.78, 5) is 12.2. The van der Waals surface area contributed by atoms with E-state index in [0.717, 1.165) is 43.5 Å². The molecule has 2 heterocycles. The molecule has 6 nitrogen and oxygen atoms in total. The third-order valence-corrected chi connectivity index (χ3v) is 3.81. The summed E-state index contributed by atoms with van der Waals surface area (Å²) in [6, 6.07) is 0. The number of H-pyrrole nitrogens is 1. The average molecular weight is 317 g/mol. The van der Waals surface area contributed by atoms with Crippen LogP contribution in [0.1, 0.15) is 47.9 Å². The zero-order valence-electron chi connectivity index (χ0n) is 12.4. The Morgan fingerprint density at radius 1 is 1.48 bits per heavy atom. The van der Waals surface area contributed by atoms with Gasteiger partial charge in [0, 0.05) is 43.9 Å². The van der Waals surface area contributed by atoms with Crippen LogP contribution in [0.15, 0.2) is 0 Å². The molecule has 2 rings (SSSR count). The van der Waals surface area contributed by atoms with Gasteiger partial charge < -0.3 is 15.7 Å². The van der Waals surface area contributed by atoms with E-state index >= 15 is 0 Å². The van der Waals surface area contributed by atoms with Gasteiger partial charge in [-0.1, -0.05) is 13.3 Å². The quantitative estimate of drug-likeness (QED) is 0.604. The minimum atomic E-state index is -0.120. The molecule has 0 saturated carbocycles. The highest BCUT2D eigenvalue weighted by atomic mass is 35.5. The first kappa shape index (κ1) is 17.9. The maximum atomic E-state index is 12.2. The molecule has 120 valence electrons. The van der Waals surface area contributed by atoms with Gasteiger partial charge in [-0.05, 0) is 18.8 Å². The number of nitrogens with zero attached hydrogens (tertiary/aromatic N) is 1. The number of hydrogen-bond acceptors (Lipinski definition) is 4. The number of halogens is 1. The second kappa shape index (κ2) is 9.02. The molecule has 0 bridgehead atoms. The van der Waals surface area contributed by atoms with Crippen molar-refractivity contribution in [1.29, 1.82) is 0 Å². The van der Waals surface area contributed by atoms with Crippen LogP contribution >= 0.6 is 12.4 Å². The number of carbonyl (C=O) groups is 1. The lowest BCUT2D eigenvalue weighted by molar-refractivity contribution is 0.0936. The van der Waals surface area contributed by atoms with Crippen molar-refractivity contribution in [1.82, 2.24) is 20.8 Å². The molecule has 1 aromatic heterocycles.